The summed E-state index contributed by atoms with van der Waals surface area (Å²) in [6, 6.07) is 4.94. The topological polar surface area (TPSA) is 158 Å². The van der Waals surface area contributed by atoms with Gasteiger partial charge in [-0.05, 0) is 49.1 Å². The molecule has 1 spiro atoms. The molecule has 0 bridgehead atoms. The van der Waals surface area contributed by atoms with Gasteiger partial charge >= 0.3 is 12.0 Å². The summed E-state index contributed by atoms with van der Waals surface area (Å²) in [4.78, 5) is 49.0. The number of rotatable bonds is 6. The second-order valence-electron chi connectivity index (χ2n) is 10.0. The highest BCUT2D eigenvalue weighted by Gasteiger charge is 2.53. The van der Waals surface area contributed by atoms with E-state index in [-0.39, 0.29) is 29.5 Å². The van der Waals surface area contributed by atoms with Crippen LogP contribution in [0.5, 0.6) is 0 Å². The summed E-state index contributed by atoms with van der Waals surface area (Å²) in [7, 11) is 0. The standard InChI is InChI=1S/C23H27N5O7/c1-22(2,3)15-8-10-23(11-9-15)20(30)27(21(31)24-23)12-18(29)34-13-17-25-26-19(35-17)14-4-6-16(7-5-14)28(32)33/h4-7,15H,8-13H2,1-3H3,(H,24,31). The maximum atomic E-state index is 13.0. The number of hydrogen-bond donors (Lipinski definition) is 1. The SMILES string of the molecule is CC(C)(C)C1CCC2(CC1)NC(=O)N(CC(=O)OCc1nnc(-c3ccc([N+](=O)[O-])cc3)o1)C2=O. The molecule has 12 nitrogen and oxygen atoms in total. The zero-order valence-corrected chi connectivity index (χ0v) is 19.8. The third kappa shape index (κ3) is 5.00. The minimum atomic E-state index is -0.953. The van der Waals surface area contributed by atoms with E-state index in [4.69, 9.17) is 9.15 Å². The lowest BCUT2D eigenvalue weighted by Gasteiger charge is -2.40. The summed E-state index contributed by atoms with van der Waals surface area (Å²) in [5.74, 6) is -0.620. The van der Waals surface area contributed by atoms with Crippen LogP contribution in [0, 0.1) is 21.4 Å². The van der Waals surface area contributed by atoms with Gasteiger partial charge in [0.15, 0.2) is 6.61 Å². The van der Waals surface area contributed by atoms with E-state index in [1.165, 1.54) is 24.3 Å². The van der Waals surface area contributed by atoms with Crippen LogP contribution in [0.1, 0.15) is 52.3 Å². The van der Waals surface area contributed by atoms with Gasteiger partial charge < -0.3 is 14.5 Å². The van der Waals surface area contributed by atoms with Crippen molar-refractivity contribution in [3.05, 3.63) is 40.3 Å². The lowest BCUT2D eigenvalue weighted by atomic mass is 9.67. The number of amides is 3. The number of benzene rings is 1. The van der Waals surface area contributed by atoms with Crippen LogP contribution in [-0.2, 0) is 20.9 Å². The number of ether oxygens (including phenoxy) is 1. The van der Waals surface area contributed by atoms with Crippen LogP contribution in [0.2, 0.25) is 0 Å². The van der Waals surface area contributed by atoms with Gasteiger partial charge in [-0.1, -0.05) is 20.8 Å². The Kier molecular flexibility index (Phi) is 6.30. The van der Waals surface area contributed by atoms with E-state index in [9.17, 15) is 24.5 Å². The van der Waals surface area contributed by atoms with E-state index in [0.717, 1.165) is 17.7 Å². The van der Waals surface area contributed by atoms with Gasteiger partial charge in [-0.25, -0.2) is 4.79 Å². The fraction of sp³-hybridized carbons (Fsp3) is 0.522. The maximum absolute atomic E-state index is 13.0. The fourth-order valence-electron chi connectivity index (χ4n) is 4.61. The molecule has 2 heterocycles. The van der Waals surface area contributed by atoms with Gasteiger partial charge in [0, 0.05) is 17.7 Å². The van der Waals surface area contributed by atoms with E-state index >= 15 is 0 Å². The number of non-ortho nitro benzene ring substituents is 1. The van der Waals surface area contributed by atoms with E-state index in [2.05, 4.69) is 36.3 Å². The molecule has 1 aliphatic carbocycles. The predicted octanol–water partition coefficient (Wildman–Crippen LogP) is 3.21. The van der Waals surface area contributed by atoms with Crippen LogP contribution in [0.15, 0.2) is 28.7 Å². The van der Waals surface area contributed by atoms with Crippen molar-refractivity contribution in [3.63, 3.8) is 0 Å². The number of carbonyl (C=O) groups is 3. The van der Waals surface area contributed by atoms with Crippen LogP contribution in [-0.4, -0.2) is 50.0 Å². The number of nitrogens with zero attached hydrogens (tertiary/aromatic N) is 4. The van der Waals surface area contributed by atoms with Crippen molar-refractivity contribution >= 4 is 23.6 Å². The highest BCUT2D eigenvalue weighted by atomic mass is 16.6. The molecule has 3 amide bonds. The number of nitro benzene ring substituents is 1. The molecule has 186 valence electrons. The molecular weight excluding hydrogens is 458 g/mol. The van der Waals surface area contributed by atoms with Gasteiger partial charge in [0.1, 0.15) is 12.1 Å². The third-order valence-corrected chi connectivity index (χ3v) is 6.75. The average molecular weight is 485 g/mol. The van der Waals surface area contributed by atoms with Gasteiger partial charge in [0.05, 0.1) is 4.92 Å². The average Bonchev–Trinajstić information content (AvgIpc) is 3.37. The molecule has 4 rings (SSSR count). The van der Waals surface area contributed by atoms with Gasteiger partial charge in [-0.3, -0.25) is 24.6 Å². The smallest absolute Gasteiger partial charge is 0.326 e. The highest BCUT2D eigenvalue weighted by Crippen LogP contribution is 2.43. The molecule has 1 saturated carbocycles. The molecular formula is C23H27N5O7. The minimum absolute atomic E-state index is 0.000811. The molecule has 1 aromatic carbocycles. The van der Waals surface area contributed by atoms with Crippen LogP contribution < -0.4 is 5.32 Å². The first-order chi connectivity index (χ1) is 16.5. The Labute approximate surface area is 201 Å². The molecule has 2 aromatic rings. The van der Waals surface area contributed by atoms with Crippen LogP contribution in [0.4, 0.5) is 10.5 Å². The van der Waals surface area contributed by atoms with Crippen LogP contribution in [0.3, 0.4) is 0 Å². The Morgan fingerprint density at radius 3 is 2.49 bits per heavy atom. The summed E-state index contributed by atoms with van der Waals surface area (Å²) in [6.07, 6.45) is 2.72. The van der Waals surface area contributed by atoms with E-state index in [0.29, 0.717) is 24.3 Å². The Hall–Kier alpha value is -3.83. The normalized spacial score (nSPS) is 22.4. The van der Waals surface area contributed by atoms with Crippen LogP contribution >= 0.6 is 0 Å². The van der Waals surface area contributed by atoms with Crippen LogP contribution in [0.25, 0.3) is 11.5 Å². The quantitative estimate of drug-likeness (QED) is 0.281. The second kappa shape index (κ2) is 9.08. The first kappa shape index (κ1) is 24.3. The molecule has 1 aromatic heterocycles. The number of hydrogen-bond acceptors (Lipinski definition) is 9. The molecule has 2 fully saturated rings. The van der Waals surface area contributed by atoms with Crippen molar-refractivity contribution in [1.29, 1.82) is 0 Å². The number of urea groups is 1. The molecule has 1 N–H and O–H groups in total. The summed E-state index contributed by atoms with van der Waals surface area (Å²) < 4.78 is 10.6. The van der Waals surface area contributed by atoms with Gasteiger partial charge in [-0.2, -0.15) is 0 Å². The van der Waals surface area contributed by atoms with E-state index in [1.807, 2.05) is 0 Å². The number of aromatic nitrogens is 2. The van der Waals surface area contributed by atoms with Crippen molar-refractivity contribution in [3.8, 4) is 11.5 Å². The summed E-state index contributed by atoms with van der Waals surface area (Å²) >= 11 is 0. The van der Waals surface area contributed by atoms with Crippen molar-refractivity contribution in [1.82, 2.24) is 20.4 Å². The van der Waals surface area contributed by atoms with Crippen molar-refractivity contribution in [2.45, 2.75) is 58.6 Å². The summed E-state index contributed by atoms with van der Waals surface area (Å²) in [5, 5.41) is 21.2. The van der Waals surface area contributed by atoms with Crippen molar-refractivity contribution in [2.24, 2.45) is 11.3 Å². The number of carbonyl (C=O) groups excluding carboxylic acids is 3. The second-order valence-corrected chi connectivity index (χ2v) is 10.0. The van der Waals surface area contributed by atoms with E-state index in [1.54, 1.807) is 0 Å². The number of imide groups is 1. The molecule has 0 unspecified atom stereocenters. The maximum Gasteiger partial charge on any atom is 0.326 e. The van der Waals surface area contributed by atoms with E-state index < -0.39 is 34.9 Å². The third-order valence-electron chi connectivity index (χ3n) is 6.75. The Bertz CT molecular complexity index is 1140. The largest absolute Gasteiger partial charge is 0.454 e. The zero-order valence-electron chi connectivity index (χ0n) is 19.8. The Morgan fingerprint density at radius 1 is 1.23 bits per heavy atom. The summed E-state index contributed by atoms with van der Waals surface area (Å²) in [6.45, 7) is 5.65. The first-order valence-corrected chi connectivity index (χ1v) is 11.4. The van der Waals surface area contributed by atoms with Gasteiger partial charge in [0.25, 0.3) is 17.5 Å². The van der Waals surface area contributed by atoms with Gasteiger partial charge in [0.2, 0.25) is 5.89 Å². The molecule has 1 saturated heterocycles. The first-order valence-electron chi connectivity index (χ1n) is 11.4. The zero-order chi connectivity index (χ0) is 25.4. The predicted molar refractivity (Wildman–Crippen MR) is 121 cm³/mol. The Balaban J connectivity index is 1.31. The monoisotopic (exact) mass is 485 g/mol. The Morgan fingerprint density at radius 2 is 1.89 bits per heavy atom. The number of nitrogens with one attached hydrogen (secondary N) is 1. The van der Waals surface area contributed by atoms with Crippen molar-refractivity contribution < 1.29 is 28.5 Å². The molecule has 12 heteroatoms. The molecule has 35 heavy (non-hydrogen) atoms. The number of esters is 1. The fourth-order valence-corrected chi connectivity index (χ4v) is 4.61. The molecule has 0 radical (unpaired) electrons. The molecule has 0 atom stereocenters. The summed E-state index contributed by atoms with van der Waals surface area (Å²) in [5.41, 5.74) is -0.437. The minimum Gasteiger partial charge on any atom is -0.454 e. The highest BCUT2D eigenvalue weighted by molar-refractivity contribution is 6.08. The lowest BCUT2D eigenvalue weighted by Crippen LogP contribution is -2.50. The number of nitro groups is 1. The van der Waals surface area contributed by atoms with Gasteiger partial charge in [-0.15, -0.1) is 10.2 Å². The lowest BCUT2D eigenvalue weighted by molar-refractivity contribution is -0.384. The molecule has 2 aliphatic rings. The van der Waals surface area contributed by atoms with Crippen molar-refractivity contribution in [2.75, 3.05) is 6.54 Å². The molecule has 1 aliphatic heterocycles.